The summed E-state index contributed by atoms with van der Waals surface area (Å²) in [4.78, 5) is 21.6. The van der Waals surface area contributed by atoms with E-state index in [0.29, 0.717) is 41.9 Å². The van der Waals surface area contributed by atoms with Crippen molar-refractivity contribution in [3.8, 4) is 22.5 Å². The predicted molar refractivity (Wildman–Crippen MR) is 149 cm³/mol. The monoisotopic (exact) mass is 532 g/mol. The molecule has 0 aliphatic carbocycles. The maximum absolute atomic E-state index is 13.5. The van der Waals surface area contributed by atoms with Crippen LogP contribution in [0.3, 0.4) is 0 Å². The van der Waals surface area contributed by atoms with Gasteiger partial charge in [0.15, 0.2) is 0 Å². The molecule has 2 heterocycles. The number of hydrogen-bond acceptors (Lipinski definition) is 3. The number of carbonyl (C=O) groups excluding carboxylic acids is 1. The third-order valence-corrected chi connectivity index (χ3v) is 6.67. The number of halogens is 2. The molecular formula is C29H26Cl2N4O2. The third-order valence-electron chi connectivity index (χ3n) is 6.19. The van der Waals surface area contributed by atoms with Crippen molar-refractivity contribution < 1.29 is 9.53 Å². The van der Waals surface area contributed by atoms with Crippen LogP contribution in [0.2, 0.25) is 10.0 Å². The van der Waals surface area contributed by atoms with E-state index in [-0.39, 0.29) is 5.91 Å². The summed E-state index contributed by atoms with van der Waals surface area (Å²) in [7, 11) is 1.65. The summed E-state index contributed by atoms with van der Waals surface area (Å²) in [6.07, 6.45) is 2.54. The summed E-state index contributed by atoms with van der Waals surface area (Å²) in [5.74, 6) is -0.198. The number of benzene rings is 3. The second-order valence-electron chi connectivity index (χ2n) is 8.73. The first-order valence-corrected chi connectivity index (χ1v) is 12.7. The molecule has 3 aromatic carbocycles. The van der Waals surface area contributed by atoms with Gasteiger partial charge in [0.2, 0.25) is 0 Å². The molecule has 0 fully saturated rings. The Hall–Kier alpha value is -3.58. The Labute approximate surface area is 225 Å². The number of aromatic amines is 1. The summed E-state index contributed by atoms with van der Waals surface area (Å²) < 4.78 is 7.20. The fourth-order valence-corrected chi connectivity index (χ4v) is 4.75. The molecule has 8 heteroatoms. The van der Waals surface area contributed by atoms with Gasteiger partial charge in [-0.15, -0.1) is 0 Å². The summed E-state index contributed by atoms with van der Waals surface area (Å²) in [6, 6.07) is 23.3. The van der Waals surface area contributed by atoms with E-state index in [1.54, 1.807) is 7.11 Å². The molecule has 188 valence electrons. The van der Waals surface area contributed by atoms with E-state index >= 15 is 0 Å². The number of amides is 1. The van der Waals surface area contributed by atoms with E-state index in [0.717, 1.165) is 39.0 Å². The average Bonchev–Trinajstić information content (AvgIpc) is 3.49. The number of ether oxygens (including phenoxy) is 1. The molecule has 0 radical (unpaired) electrons. The summed E-state index contributed by atoms with van der Waals surface area (Å²) in [5.41, 5.74) is 5.68. The number of imidazole rings is 1. The summed E-state index contributed by atoms with van der Waals surface area (Å²) in [6.45, 7) is 1.63. The van der Waals surface area contributed by atoms with Crippen LogP contribution in [0.15, 0.2) is 79.1 Å². The van der Waals surface area contributed by atoms with Gasteiger partial charge in [-0.25, -0.2) is 4.98 Å². The summed E-state index contributed by atoms with van der Waals surface area (Å²) in [5, 5.41) is 5.18. The van der Waals surface area contributed by atoms with E-state index in [1.807, 2.05) is 79.1 Å². The summed E-state index contributed by atoms with van der Waals surface area (Å²) >= 11 is 12.4. The van der Waals surface area contributed by atoms with Gasteiger partial charge < -0.3 is 19.6 Å². The highest BCUT2D eigenvalue weighted by Crippen LogP contribution is 2.39. The van der Waals surface area contributed by atoms with Crippen LogP contribution in [0.1, 0.15) is 22.5 Å². The molecule has 2 aromatic heterocycles. The van der Waals surface area contributed by atoms with Gasteiger partial charge in [0.05, 0.1) is 17.7 Å². The highest BCUT2D eigenvalue weighted by molar-refractivity contribution is 6.31. The maximum Gasteiger partial charge on any atom is 0.268 e. The second-order valence-corrected chi connectivity index (χ2v) is 9.60. The first kappa shape index (κ1) is 25.1. The lowest BCUT2D eigenvalue weighted by Crippen LogP contribution is -2.26. The van der Waals surface area contributed by atoms with Gasteiger partial charge in [0.25, 0.3) is 5.91 Å². The highest BCUT2D eigenvalue weighted by atomic mass is 35.5. The Balaban J connectivity index is 1.69. The molecule has 0 saturated heterocycles. The molecule has 0 aliphatic heterocycles. The molecule has 2 N–H and O–H groups in total. The average molecular weight is 533 g/mol. The lowest BCUT2D eigenvalue weighted by molar-refractivity contribution is 0.0945. The van der Waals surface area contributed by atoms with Crippen LogP contribution in [0.5, 0.6) is 0 Å². The van der Waals surface area contributed by atoms with Crippen molar-refractivity contribution in [2.24, 2.45) is 0 Å². The van der Waals surface area contributed by atoms with Crippen molar-refractivity contribution in [1.82, 2.24) is 19.9 Å². The van der Waals surface area contributed by atoms with Crippen molar-refractivity contribution in [3.63, 3.8) is 0 Å². The van der Waals surface area contributed by atoms with Crippen LogP contribution in [0, 0.1) is 0 Å². The number of carbonyl (C=O) groups is 1. The van der Waals surface area contributed by atoms with Crippen LogP contribution in [-0.4, -0.2) is 40.7 Å². The zero-order chi connectivity index (χ0) is 25.8. The molecular weight excluding hydrogens is 507 g/mol. The predicted octanol–water partition coefficient (Wildman–Crippen LogP) is 6.82. The standard InChI is InChI=1S/C29H26Cl2N4O2/c1-37-15-5-14-32-29(36)27-25(23-13-12-22(31)16-24(23)34-27)28-26(20-6-3-2-4-7-20)33-18-35(28)17-19-8-10-21(30)11-9-19/h2-4,6-13,16,18,34H,5,14-15,17H2,1H3,(H,32,36). The van der Waals surface area contributed by atoms with Crippen LogP contribution in [0.4, 0.5) is 0 Å². The number of nitrogens with zero attached hydrogens (tertiary/aromatic N) is 2. The van der Waals surface area contributed by atoms with Gasteiger partial charge in [-0.05, 0) is 36.2 Å². The molecule has 37 heavy (non-hydrogen) atoms. The van der Waals surface area contributed by atoms with Gasteiger partial charge in [-0.3, -0.25) is 4.79 Å². The quantitative estimate of drug-likeness (QED) is 0.204. The Kier molecular flexibility index (Phi) is 7.60. The van der Waals surface area contributed by atoms with Crippen molar-refractivity contribution in [1.29, 1.82) is 0 Å². The topological polar surface area (TPSA) is 71.9 Å². The largest absolute Gasteiger partial charge is 0.385 e. The van der Waals surface area contributed by atoms with Crippen molar-refractivity contribution >= 4 is 40.0 Å². The molecule has 0 bridgehead atoms. The minimum absolute atomic E-state index is 0.198. The fourth-order valence-electron chi connectivity index (χ4n) is 4.45. The normalized spacial score (nSPS) is 11.2. The van der Waals surface area contributed by atoms with Gasteiger partial charge in [-0.1, -0.05) is 71.7 Å². The SMILES string of the molecule is COCCCNC(=O)c1[nH]c2cc(Cl)ccc2c1-c1c(-c2ccccc2)ncn1Cc1ccc(Cl)cc1. The van der Waals surface area contributed by atoms with E-state index < -0.39 is 0 Å². The molecule has 5 rings (SSSR count). The molecule has 0 atom stereocenters. The Morgan fingerprint density at radius 3 is 2.54 bits per heavy atom. The molecule has 5 aromatic rings. The van der Waals surface area contributed by atoms with Crippen LogP contribution in [0.25, 0.3) is 33.4 Å². The number of hydrogen-bond donors (Lipinski definition) is 2. The Bertz CT molecular complexity index is 1530. The number of fused-ring (bicyclic) bond motifs is 1. The molecule has 1 amide bonds. The zero-order valence-electron chi connectivity index (χ0n) is 20.3. The minimum Gasteiger partial charge on any atom is -0.385 e. The Morgan fingerprint density at radius 1 is 1.03 bits per heavy atom. The lowest BCUT2D eigenvalue weighted by atomic mass is 10.0. The first-order chi connectivity index (χ1) is 18.0. The zero-order valence-corrected chi connectivity index (χ0v) is 21.8. The number of aromatic nitrogens is 3. The number of methoxy groups -OCH3 is 1. The smallest absolute Gasteiger partial charge is 0.268 e. The van der Waals surface area contributed by atoms with Gasteiger partial charge in [-0.2, -0.15) is 0 Å². The van der Waals surface area contributed by atoms with Crippen LogP contribution >= 0.6 is 23.2 Å². The van der Waals surface area contributed by atoms with Crippen molar-refractivity contribution in [2.75, 3.05) is 20.3 Å². The highest BCUT2D eigenvalue weighted by Gasteiger charge is 2.25. The molecule has 6 nitrogen and oxygen atoms in total. The molecule has 0 spiro atoms. The second kappa shape index (κ2) is 11.2. The van der Waals surface area contributed by atoms with Crippen molar-refractivity contribution in [2.45, 2.75) is 13.0 Å². The third kappa shape index (κ3) is 5.42. The molecule has 0 saturated carbocycles. The van der Waals surface area contributed by atoms with Gasteiger partial charge >= 0.3 is 0 Å². The van der Waals surface area contributed by atoms with Gasteiger partial charge in [0.1, 0.15) is 5.69 Å². The maximum atomic E-state index is 13.5. The van der Waals surface area contributed by atoms with E-state index in [4.69, 9.17) is 32.9 Å². The Morgan fingerprint density at radius 2 is 1.78 bits per heavy atom. The van der Waals surface area contributed by atoms with Gasteiger partial charge in [0, 0.05) is 58.9 Å². The van der Waals surface area contributed by atoms with Crippen molar-refractivity contribution in [3.05, 3.63) is 100 Å². The minimum atomic E-state index is -0.198. The number of rotatable bonds is 9. The lowest BCUT2D eigenvalue weighted by Gasteiger charge is -2.13. The van der Waals surface area contributed by atoms with Crippen LogP contribution in [-0.2, 0) is 11.3 Å². The van der Waals surface area contributed by atoms with E-state index in [9.17, 15) is 4.79 Å². The van der Waals surface area contributed by atoms with E-state index in [2.05, 4.69) is 14.9 Å². The first-order valence-electron chi connectivity index (χ1n) is 12.0. The molecule has 0 unspecified atom stereocenters. The number of nitrogens with one attached hydrogen (secondary N) is 2. The molecule has 0 aliphatic rings. The van der Waals surface area contributed by atoms with E-state index in [1.165, 1.54) is 0 Å². The van der Waals surface area contributed by atoms with Crippen LogP contribution < -0.4 is 5.32 Å². The number of H-pyrrole nitrogens is 1. The fraction of sp³-hybridized carbons (Fsp3) is 0.172.